The molecule has 0 atom stereocenters. The topological polar surface area (TPSA) is 105 Å². The van der Waals surface area contributed by atoms with E-state index in [4.69, 9.17) is 21.1 Å². The molecular formula is C16H13ClN2O6. The van der Waals surface area contributed by atoms with E-state index in [0.29, 0.717) is 16.9 Å². The van der Waals surface area contributed by atoms with Crippen molar-refractivity contribution in [2.24, 2.45) is 0 Å². The van der Waals surface area contributed by atoms with Crippen LogP contribution in [0.3, 0.4) is 0 Å². The number of hydrogen-bond donors (Lipinski definition) is 0. The molecule has 0 aliphatic carbocycles. The molecular weight excluding hydrogens is 352 g/mol. The number of nitro benzene ring substituents is 1. The third-order valence-electron chi connectivity index (χ3n) is 3.17. The number of rotatable bonds is 7. The first kappa shape index (κ1) is 18.2. The molecule has 0 radical (unpaired) electrons. The molecule has 0 fully saturated rings. The Bertz CT molecular complexity index is 820. The van der Waals surface area contributed by atoms with Gasteiger partial charge in [-0.3, -0.25) is 20.2 Å². The van der Waals surface area contributed by atoms with E-state index in [0.717, 1.165) is 6.20 Å². The zero-order valence-corrected chi connectivity index (χ0v) is 13.8. The second-order valence-electron chi connectivity index (χ2n) is 4.85. The van der Waals surface area contributed by atoms with Gasteiger partial charge in [-0.1, -0.05) is 11.6 Å². The third kappa shape index (κ3) is 4.92. The molecule has 0 aromatic heterocycles. The zero-order valence-electron chi connectivity index (χ0n) is 13.0. The highest BCUT2D eigenvalue weighted by molar-refractivity contribution is 6.32. The third-order valence-corrected chi connectivity index (χ3v) is 3.45. The van der Waals surface area contributed by atoms with Crippen molar-refractivity contribution in [3.63, 3.8) is 0 Å². The first-order valence-corrected chi connectivity index (χ1v) is 7.34. The van der Waals surface area contributed by atoms with E-state index < -0.39 is 9.85 Å². The lowest BCUT2D eigenvalue weighted by molar-refractivity contribution is -0.400. The quantitative estimate of drug-likeness (QED) is 0.541. The predicted molar refractivity (Wildman–Crippen MR) is 91.5 cm³/mol. The Morgan fingerprint density at radius 2 is 1.84 bits per heavy atom. The molecule has 130 valence electrons. The maximum Gasteiger partial charge on any atom is 0.269 e. The molecule has 0 N–H and O–H groups in total. The van der Waals surface area contributed by atoms with E-state index in [1.807, 2.05) is 0 Å². The van der Waals surface area contributed by atoms with Crippen LogP contribution in [0.1, 0.15) is 11.1 Å². The van der Waals surface area contributed by atoms with Crippen LogP contribution < -0.4 is 9.47 Å². The van der Waals surface area contributed by atoms with E-state index in [9.17, 15) is 20.2 Å². The van der Waals surface area contributed by atoms with Gasteiger partial charge in [0, 0.05) is 18.2 Å². The molecule has 0 aliphatic rings. The highest BCUT2D eigenvalue weighted by Crippen LogP contribution is 2.37. The van der Waals surface area contributed by atoms with Crippen molar-refractivity contribution < 1.29 is 19.3 Å². The summed E-state index contributed by atoms with van der Waals surface area (Å²) in [4.78, 5) is 20.0. The van der Waals surface area contributed by atoms with Crippen LogP contribution in [0, 0.1) is 20.2 Å². The van der Waals surface area contributed by atoms with E-state index in [1.54, 1.807) is 18.2 Å². The first-order chi connectivity index (χ1) is 11.9. The molecule has 0 spiro atoms. The number of non-ortho nitro benzene ring substituents is 1. The molecule has 25 heavy (non-hydrogen) atoms. The van der Waals surface area contributed by atoms with Crippen LogP contribution in [0.5, 0.6) is 11.5 Å². The van der Waals surface area contributed by atoms with Crippen molar-refractivity contribution in [3.8, 4) is 11.5 Å². The Morgan fingerprint density at radius 3 is 2.40 bits per heavy atom. The SMILES string of the molecule is COc1cc(/C=C/[N+](=O)[O-])cc(Cl)c1OCc1ccc([N+](=O)[O-])cc1. The summed E-state index contributed by atoms with van der Waals surface area (Å²) in [6.07, 6.45) is 2.08. The molecule has 0 saturated carbocycles. The van der Waals surface area contributed by atoms with Crippen molar-refractivity contribution in [1.29, 1.82) is 0 Å². The molecule has 2 aromatic rings. The van der Waals surface area contributed by atoms with Gasteiger partial charge in [0.1, 0.15) is 6.61 Å². The lowest BCUT2D eigenvalue weighted by Gasteiger charge is -2.13. The van der Waals surface area contributed by atoms with Gasteiger partial charge in [-0.05, 0) is 35.4 Å². The molecule has 0 aliphatic heterocycles. The van der Waals surface area contributed by atoms with Crippen molar-refractivity contribution in [2.45, 2.75) is 6.61 Å². The van der Waals surface area contributed by atoms with Crippen LogP contribution >= 0.6 is 11.6 Å². The van der Waals surface area contributed by atoms with Gasteiger partial charge in [0.2, 0.25) is 6.20 Å². The second-order valence-corrected chi connectivity index (χ2v) is 5.25. The van der Waals surface area contributed by atoms with Gasteiger partial charge in [-0.2, -0.15) is 0 Å². The smallest absolute Gasteiger partial charge is 0.269 e. The Balaban J connectivity index is 2.18. The molecule has 0 unspecified atom stereocenters. The second kappa shape index (κ2) is 8.11. The van der Waals surface area contributed by atoms with Gasteiger partial charge in [0.15, 0.2) is 11.5 Å². The lowest BCUT2D eigenvalue weighted by atomic mass is 10.2. The number of nitro groups is 2. The van der Waals surface area contributed by atoms with Crippen LogP contribution in [0.25, 0.3) is 6.08 Å². The number of nitrogens with zero attached hydrogens (tertiary/aromatic N) is 2. The van der Waals surface area contributed by atoms with Gasteiger partial charge in [0.25, 0.3) is 5.69 Å². The van der Waals surface area contributed by atoms with Gasteiger partial charge in [0.05, 0.1) is 22.0 Å². The Hall–Kier alpha value is -3.13. The molecule has 0 heterocycles. The maximum absolute atomic E-state index is 10.6. The van der Waals surface area contributed by atoms with Crippen LogP contribution in [0.4, 0.5) is 5.69 Å². The average Bonchev–Trinajstić information content (AvgIpc) is 2.58. The van der Waals surface area contributed by atoms with Gasteiger partial charge in [-0.25, -0.2) is 0 Å². The standard InChI is InChI=1S/C16H13ClN2O6/c1-24-15-9-12(6-7-18(20)21)8-14(17)16(15)25-10-11-2-4-13(5-3-11)19(22)23/h2-9H,10H2,1H3/b7-6+. The fraction of sp³-hybridized carbons (Fsp3) is 0.125. The normalized spacial score (nSPS) is 10.6. The minimum atomic E-state index is -0.584. The van der Waals surface area contributed by atoms with Crippen LogP contribution in [-0.2, 0) is 6.61 Å². The number of hydrogen-bond acceptors (Lipinski definition) is 6. The first-order valence-electron chi connectivity index (χ1n) is 6.96. The molecule has 8 nitrogen and oxygen atoms in total. The summed E-state index contributed by atoms with van der Waals surface area (Å²) in [7, 11) is 1.42. The highest BCUT2D eigenvalue weighted by atomic mass is 35.5. The van der Waals surface area contributed by atoms with Crippen LogP contribution in [0.15, 0.2) is 42.6 Å². The molecule has 2 rings (SSSR count). The summed E-state index contributed by atoms with van der Waals surface area (Å²) >= 11 is 6.16. The fourth-order valence-corrected chi connectivity index (χ4v) is 2.27. The van der Waals surface area contributed by atoms with Gasteiger partial charge in [-0.15, -0.1) is 0 Å². The van der Waals surface area contributed by atoms with Crippen molar-refractivity contribution in [1.82, 2.24) is 0 Å². The molecule has 9 heteroatoms. The number of methoxy groups -OCH3 is 1. The van der Waals surface area contributed by atoms with E-state index in [1.165, 1.54) is 31.4 Å². The zero-order chi connectivity index (χ0) is 18.4. The minimum absolute atomic E-state index is 0.0127. The summed E-state index contributed by atoms with van der Waals surface area (Å²) in [6, 6.07) is 8.97. The summed E-state index contributed by atoms with van der Waals surface area (Å²) in [5.41, 5.74) is 1.18. The summed E-state index contributed by atoms with van der Waals surface area (Å²) in [6.45, 7) is 0.123. The Kier molecular flexibility index (Phi) is 5.91. The van der Waals surface area contributed by atoms with Crippen molar-refractivity contribution >= 4 is 23.4 Å². The molecule has 0 saturated heterocycles. The number of benzene rings is 2. The largest absolute Gasteiger partial charge is 0.493 e. The van der Waals surface area contributed by atoms with E-state index >= 15 is 0 Å². The average molecular weight is 365 g/mol. The van der Waals surface area contributed by atoms with Crippen LogP contribution in [0.2, 0.25) is 5.02 Å². The fourth-order valence-electron chi connectivity index (χ4n) is 1.99. The predicted octanol–water partition coefficient (Wildman–Crippen LogP) is 4.08. The van der Waals surface area contributed by atoms with Crippen molar-refractivity contribution in [3.05, 3.63) is 79.0 Å². The van der Waals surface area contributed by atoms with Gasteiger partial charge < -0.3 is 9.47 Å². The number of halogens is 1. The summed E-state index contributed by atoms with van der Waals surface area (Å²) < 4.78 is 10.9. The van der Waals surface area contributed by atoms with E-state index in [-0.39, 0.29) is 23.1 Å². The van der Waals surface area contributed by atoms with E-state index in [2.05, 4.69) is 0 Å². The Morgan fingerprint density at radius 1 is 1.16 bits per heavy atom. The molecule has 2 aromatic carbocycles. The van der Waals surface area contributed by atoms with Gasteiger partial charge >= 0.3 is 0 Å². The lowest BCUT2D eigenvalue weighted by Crippen LogP contribution is -1.99. The molecule has 0 bridgehead atoms. The summed E-state index contributed by atoms with van der Waals surface area (Å²) in [5, 5.41) is 21.3. The highest BCUT2D eigenvalue weighted by Gasteiger charge is 2.12. The summed E-state index contributed by atoms with van der Waals surface area (Å²) in [5.74, 6) is 0.596. The van der Waals surface area contributed by atoms with Crippen molar-refractivity contribution in [2.75, 3.05) is 7.11 Å². The monoisotopic (exact) mass is 364 g/mol. The maximum atomic E-state index is 10.6. The van der Waals surface area contributed by atoms with Crippen LogP contribution in [-0.4, -0.2) is 17.0 Å². The Labute approximate surface area is 147 Å². The molecule has 0 amide bonds. The minimum Gasteiger partial charge on any atom is -0.493 e. The number of ether oxygens (including phenoxy) is 2.